The number of thiazole rings is 1. The van der Waals surface area contributed by atoms with E-state index in [1.807, 2.05) is 43.4 Å². The van der Waals surface area contributed by atoms with E-state index in [1.54, 1.807) is 30.3 Å². The van der Waals surface area contributed by atoms with Crippen molar-refractivity contribution in [3.63, 3.8) is 0 Å². The first-order valence-electron chi connectivity index (χ1n) is 15.9. The van der Waals surface area contributed by atoms with Crippen molar-refractivity contribution >= 4 is 38.5 Å². The van der Waals surface area contributed by atoms with Crippen LogP contribution in [-0.2, 0) is 9.47 Å². The number of fused-ring (bicyclic) bond motifs is 3. The molecule has 0 bridgehead atoms. The lowest BCUT2D eigenvalue weighted by Crippen LogP contribution is -2.37. The summed E-state index contributed by atoms with van der Waals surface area (Å²) in [5.74, 6) is -0.564. The molecule has 4 aromatic rings. The fraction of sp³-hybridized carbons (Fsp3) is 0.500. The van der Waals surface area contributed by atoms with Crippen LogP contribution in [0.4, 0.5) is 13.6 Å². The Morgan fingerprint density at radius 3 is 2.63 bits per heavy atom. The molecule has 0 spiro atoms. The van der Waals surface area contributed by atoms with Gasteiger partial charge in [-0.05, 0) is 82.5 Å². The zero-order chi connectivity index (χ0) is 32.6. The second kappa shape index (κ2) is 13.2. The first-order chi connectivity index (χ1) is 22.0. The van der Waals surface area contributed by atoms with Gasteiger partial charge in [0.05, 0.1) is 34.6 Å². The average Bonchev–Trinajstić information content (AvgIpc) is 3.72. The van der Waals surface area contributed by atoms with E-state index in [-0.39, 0.29) is 18.1 Å². The van der Waals surface area contributed by atoms with Gasteiger partial charge in [-0.2, -0.15) is 0 Å². The molecule has 0 radical (unpaired) electrons. The molecule has 2 aliphatic rings. The number of ether oxygens (including phenoxy) is 2. The van der Waals surface area contributed by atoms with Crippen molar-refractivity contribution in [2.24, 2.45) is 0 Å². The highest BCUT2D eigenvalue weighted by Crippen LogP contribution is 2.37. The van der Waals surface area contributed by atoms with Crippen LogP contribution >= 0.6 is 11.3 Å². The minimum absolute atomic E-state index is 0.137. The first kappa shape index (κ1) is 32.3. The number of imidazole rings is 1. The van der Waals surface area contributed by atoms with Crippen molar-refractivity contribution in [2.75, 3.05) is 39.8 Å². The monoisotopic (exact) mass is 653 g/mol. The quantitative estimate of drug-likeness (QED) is 0.216. The molecular weight excluding hydrogens is 612 g/mol. The molecule has 2 fully saturated rings. The highest BCUT2D eigenvalue weighted by atomic mass is 32.1. The summed E-state index contributed by atoms with van der Waals surface area (Å²) < 4.78 is 42.9. The normalized spacial score (nSPS) is 19.7. The van der Waals surface area contributed by atoms with Gasteiger partial charge in [0.15, 0.2) is 4.96 Å². The average molecular weight is 654 g/mol. The Balaban J connectivity index is 1.13. The van der Waals surface area contributed by atoms with Gasteiger partial charge in [-0.1, -0.05) is 17.4 Å². The number of nitrogens with zero attached hydrogens (tertiary/aromatic N) is 4. The molecule has 4 heterocycles. The zero-order valence-electron chi connectivity index (χ0n) is 26.7. The van der Waals surface area contributed by atoms with Crippen molar-refractivity contribution in [1.82, 2.24) is 24.5 Å². The van der Waals surface area contributed by atoms with E-state index < -0.39 is 23.7 Å². The molecule has 12 heteroatoms. The van der Waals surface area contributed by atoms with Gasteiger partial charge in [-0.15, -0.1) is 0 Å². The number of amides is 2. The lowest BCUT2D eigenvalue weighted by molar-refractivity contribution is 0.0194. The van der Waals surface area contributed by atoms with E-state index in [0.29, 0.717) is 59.7 Å². The number of likely N-dealkylation sites (tertiary alicyclic amines) is 2. The summed E-state index contributed by atoms with van der Waals surface area (Å²) in [7, 11) is 1.61. The van der Waals surface area contributed by atoms with Crippen LogP contribution in [0.2, 0.25) is 0 Å². The maximum Gasteiger partial charge on any atom is 0.410 e. The molecule has 2 atom stereocenters. The van der Waals surface area contributed by atoms with Crippen LogP contribution in [0.25, 0.3) is 26.4 Å². The van der Waals surface area contributed by atoms with Crippen LogP contribution < -0.4 is 5.32 Å². The molecule has 0 aliphatic carbocycles. The smallest absolute Gasteiger partial charge is 0.410 e. The number of nitrogens with one attached hydrogen (secondary N) is 1. The summed E-state index contributed by atoms with van der Waals surface area (Å²) in [6, 6.07) is 10.2. The van der Waals surface area contributed by atoms with Crippen LogP contribution in [0.3, 0.4) is 0 Å². The molecule has 1 N–H and O–H groups in total. The molecule has 2 aromatic carbocycles. The summed E-state index contributed by atoms with van der Waals surface area (Å²) in [5.41, 5.74) is 2.34. The number of benzene rings is 2. The van der Waals surface area contributed by atoms with Gasteiger partial charge in [-0.3, -0.25) is 14.1 Å². The lowest BCUT2D eigenvalue weighted by atomic mass is 10.0. The Morgan fingerprint density at radius 2 is 1.91 bits per heavy atom. The van der Waals surface area contributed by atoms with Gasteiger partial charge < -0.3 is 19.7 Å². The molecular formula is C34H41F2N5O4S. The van der Waals surface area contributed by atoms with Gasteiger partial charge >= 0.3 is 6.09 Å². The van der Waals surface area contributed by atoms with Crippen molar-refractivity contribution in [3.8, 4) is 11.3 Å². The Kier molecular flexibility index (Phi) is 9.31. The van der Waals surface area contributed by atoms with E-state index >= 15 is 4.39 Å². The number of hydrogen-bond donors (Lipinski definition) is 1. The topological polar surface area (TPSA) is 88.4 Å². The third-order valence-electron chi connectivity index (χ3n) is 8.69. The summed E-state index contributed by atoms with van der Waals surface area (Å²) in [4.78, 5) is 35.0. The molecule has 2 saturated heterocycles. The van der Waals surface area contributed by atoms with E-state index in [0.717, 1.165) is 36.3 Å². The van der Waals surface area contributed by atoms with Crippen LogP contribution in [0.5, 0.6) is 0 Å². The Labute approximate surface area is 271 Å². The zero-order valence-corrected chi connectivity index (χ0v) is 27.5. The number of rotatable bonds is 8. The number of hydrogen-bond acceptors (Lipinski definition) is 7. The number of halogens is 2. The van der Waals surface area contributed by atoms with Crippen LogP contribution in [0.15, 0.2) is 42.6 Å². The fourth-order valence-electron chi connectivity index (χ4n) is 6.26. The van der Waals surface area contributed by atoms with Gasteiger partial charge in [0.2, 0.25) is 0 Å². The van der Waals surface area contributed by atoms with Crippen LogP contribution in [-0.4, -0.2) is 88.9 Å². The maximum absolute atomic E-state index is 15.6. The Morgan fingerprint density at radius 1 is 1.13 bits per heavy atom. The first-order valence-corrected chi connectivity index (χ1v) is 16.7. The van der Waals surface area contributed by atoms with E-state index in [2.05, 4.69) is 10.2 Å². The van der Waals surface area contributed by atoms with Crippen LogP contribution in [0.1, 0.15) is 68.4 Å². The largest absolute Gasteiger partial charge is 0.444 e. The Bertz CT molecular complexity index is 1730. The van der Waals surface area contributed by atoms with Gasteiger partial charge in [0.25, 0.3) is 5.91 Å². The second-order valence-corrected chi connectivity index (χ2v) is 14.2. The molecule has 0 saturated carbocycles. The number of carbonyl (C=O) groups is 2. The second-order valence-electron chi connectivity index (χ2n) is 13.2. The van der Waals surface area contributed by atoms with E-state index in [1.165, 1.54) is 17.4 Å². The molecule has 6 rings (SSSR count). The van der Waals surface area contributed by atoms with Gasteiger partial charge in [0.1, 0.15) is 17.6 Å². The van der Waals surface area contributed by atoms with Crippen LogP contribution in [0, 0.1) is 5.82 Å². The number of piperidine rings is 1. The summed E-state index contributed by atoms with van der Waals surface area (Å²) in [6.45, 7) is 8.77. The molecule has 9 nitrogen and oxygen atoms in total. The summed E-state index contributed by atoms with van der Waals surface area (Å²) in [5, 5.41) is 2.99. The van der Waals surface area contributed by atoms with Crippen molar-refractivity contribution in [3.05, 3.63) is 59.5 Å². The van der Waals surface area contributed by atoms with Gasteiger partial charge in [0, 0.05) is 50.5 Å². The Hall–Kier alpha value is -3.61. The molecule has 2 aromatic heterocycles. The van der Waals surface area contributed by atoms with Crippen molar-refractivity contribution in [1.29, 1.82) is 0 Å². The predicted octanol–water partition coefficient (Wildman–Crippen LogP) is 6.61. The molecule has 246 valence electrons. The van der Waals surface area contributed by atoms with Crippen molar-refractivity contribution in [2.45, 2.75) is 70.4 Å². The van der Waals surface area contributed by atoms with Gasteiger partial charge in [-0.25, -0.2) is 18.6 Å². The fourth-order valence-corrected chi connectivity index (χ4v) is 7.30. The predicted molar refractivity (Wildman–Crippen MR) is 175 cm³/mol. The number of methoxy groups -OCH3 is 1. The van der Waals surface area contributed by atoms with E-state index in [4.69, 9.17) is 14.5 Å². The third kappa shape index (κ3) is 7.03. The summed E-state index contributed by atoms with van der Waals surface area (Å²) in [6.07, 6.45) is 3.04. The summed E-state index contributed by atoms with van der Waals surface area (Å²) >= 11 is 1.44. The minimum atomic E-state index is -0.683. The number of alkyl halides is 1. The highest BCUT2D eigenvalue weighted by molar-refractivity contribution is 7.23. The standard InChI is InChI=1S/C34H41F2N5O4S/c1-34(2,3)45-33(43)41-19-24(44-4)18-29(41)21-6-8-25(26(36)16-21)27-20-40-28-9-7-22(17-30(28)46-32(40)38-27)31(42)37-12-5-13-39-14-10-23(35)11-15-39/h6-9,16-17,20,23-24,29H,5,10-15,18-19H2,1-4H3,(H,37,42)/t24-,29-/m1/s1. The molecule has 46 heavy (non-hydrogen) atoms. The van der Waals surface area contributed by atoms with Crippen molar-refractivity contribution < 1.29 is 27.8 Å². The number of aromatic nitrogens is 2. The number of carbonyl (C=O) groups excluding carboxylic acids is 2. The SMILES string of the molecule is CO[C@@H]1C[C@H](c2ccc(-c3cn4c(n3)sc3cc(C(=O)NCCCN5CCC(F)CC5)ccc34)c(F)c2)N(C(=O)OC(C)(C)C)C1. The highest BCUT2D eigenvalue weighted by Gasteiger charge is 2.39. The molecule has 2 aliphatic heterocycles. The lowest BCUT2D eigenvalue weighted by Gasteiger charge is -2.28. The third-order valence-corrected chi connectivity index (χ3v) is 9.71. The minimum Gasteiger partial charge on any atom is -0.444 e. The van der Waals surface area contributed by atoms with E-state index in [9.17, 15) is 14.0 Å². The molecule has 2 amide bonds. The molecule has 0 unspecified atom stereocenters. The maximum atomic E-state index is 15.6.